The van der Waals surface area contributed by atoms with Gasteiger partial charge in [0.05, 0.1) is 12.2 Å². The van der Waals surface area contributed by atoms with E-state index in [9.17, 15) is 19.8 Å². The van der Waals surface area contributed by atoms with E-state index in [0.717, 1.165) is 6.20 Å². The first-order chi connectivity index (χ1) is 8.47. The van der Waals surface area contributed by atoms with E-state index in [4.69, 9.17) is 15.7 Å². The fourth-order valence-electron chi connectivity index (χ4n) is 1.86. The molecule has 0 spiro atoms. The van der Waals surface area contributed by atoms with E-state index in [0.29, 0.717) is 4.68 Å². The Labute approximate surface area is 100 Å². The number of H-pyrrole nitrogens is 1. The van der Waals surface area contributed by atoms with Crippen molar-refractivity contribution in [3.05, 3.63) is 32.6 Å². The SMILES string of the molecule is Nn1c(=O)[nH]cc([C@@H]2O[C@H](CO)C(O)[C@@H]2O)c1=O. The molecule has 1 fully saturated rings. The molecule has 0 aromatic carbocycles. The van der Waals surface area contributed by atoms with Crippen LogP contribution in [0.1, 0.15) is 11.7 Å². The molecular weight excluding hydrogens is 246 g/mol. The fourth-order valence-corrected chi connectivity index (χ4v) is 1.86. The van der Waals surface area contributed by atoms with Gasteiger partial charge in [-0.2, -0.15) is 4.68 Å². The van der Waals surface area contributed by atoms with Gasteiger partial charge in [-0.3, -0.25) is 4.79 Å². The summed E-state index contributed by atoms with van der Waals surface area (Å²) in [6.45, 7) is -0.505. The van der Waals surface area contributed by atoms with E-state index < -0.39 is 42.3 Å². The fraction of sp³-hybridized carbons (Fsp3) is 0.556. The van der Waals surface area contributed by atoms with Crippen LogP contribution in [0.5, 0.6) is 0 Å². The number of ether oxygens (including phenoxy) is 1. The van der Waals surface area contributed by atoms with Crippen LogP contribution < -0.4 is 17.1 Å². The Hall–Kier alpha value is -1.68. The average molecular weight is 259 g/mol. The van der Waals surface area contributed by atoms with Crippen LogP contribution in [0.3, 0.4) is 0 Å². The minimum atomic E-state index is -1.39. The first-order valence-electron chi connectivity index (χ1n) is 5.19. The predicted octanol–water partition coefficient (Wildman–Crippen LogP) is -3.60. The Morgan fingerprint density at radius 2 is 2.06 bits per heavy atom. The maximum Gasteiger partial charge on any atom is 0.347 e. The molecule has 1 unspecified atom stereocenters. The highest BCUT2D eigenvalue weighted by molar-refractivity contribution is 5.14. The van der Waals surface area contributed by atoms with Gasteiger partial charge in [0.25, 0.3) is 5.56 Å². The molecule has 0 saturated carbocycles. The third kappa shape index (κ3) is 1.82. The molecule has 0 aliphatic carbocycles. The third-order valence-electron chi connectivity index (χ3n) is 2.88. The maximum absolute atomic E-state index is 11.7. The monoisotopic (exact) mass is 259 g/mol. The zero-order valence-corrected chi connectivity index (χ0v) is 9.18. The Morgan fingerprint density at radius 3 is 2.61 bits per heavy atom. The molecule has 1 aliphatic rings. The Kier molecular flexibility index (Phi) is 3.22. The number of hydrogen-bond donors (Lipinski definition) is 5. The molecule has 18 heavy (non-hydrogen) atoms. The third-order valence-corrected chi connectivity index (χ3v) is 2.88. The number of nitrogen functional groups attached to an aromatic ring is 1. The zero-order valence-electron chi connectivity index (χ0n) is 9.18. The summed E-state index contributed by atoms with van der Waals surface area (Å²) >= 11 is 0. The summed E-state index contributed by atoms with van der Waals surface area (Å²) < 4.78 is 5.49. The molecular formula is C9H13N3O6. The van der Waals surface area contributed by atoms with Crippen molar-refractivity contribution in [3.8, 4) is 0 Å². The van der Waals surface area contributed by atoms with Crippen LogP contribution in [-0.2, 0) is 4.74 Å². The van der Waals surface area contributed by atoms with Gasteiger partial charge in [0.15, 0.2) is 0 Å². The maximum atomic E-state index is 11.7. The Balaban J connectivity index is 2.42. The molecule has 9 nitrogen and oxygen atoms in total. The Morgan fingerprint density at radius 1 is 1.39 bits per heavy atom. The van der Waals surface area contributed by atoms with Crippen LogP contribution in [0.4, 0.5) is 0 Å². The molecule has 6 N–H and O–H groups in total. The zero-order chi connectivity index (χ0) is 13.4. The quantitative estimate of drug-likeness (QED) is 0.344. The van der Waals surface area contributed by atoms with Crippen molar-refractivity contribution in [3.63, 3.8) is 0 Å². The second-order valence-electron chi connectivity index (χ2n) is 3.98. The molecule has 1 aromatic heterocycles. The summed E-state index contributed by atoms with van der Waals surface area (Å²) in [5, 5.41) is 28.2. The van der Waals surface area contributed by atoms with Gasteiger partial charge in [-0.25, -0.2) is 4.79 Å². The van der Waals surface area contributed by atoms with Crippen LogP contribution in [0.2, 0.25) is 0 Å². The molecule has 0 radical (unpaired) electrons. The molecule has 2 rings (SSSR count). The van der Waals surface area contributed by atoms with Crippen molar-refractivity contribution in [1.29, 1.82) is 0 Å². The van der Waals surface area contributed by atoms with Gasteiger partial charge in [0.2, 0.25) is 0 Å². The van der Waals surface area contributed by atoms with Gasteiger partial charge in [-0.15, -0.1) is 0 Å². The van der Waals surface area contributed by atoms with Crippen LogP contribution in [-0.4, -0.2) is 49.9 Å². The lowest BCUT2D eigenvalue weighted by atomic mass is 10.0. The number of rotatable bonds is 2. The van der Waals surface area contributed by atoms with Crippen molar-refractivity contribution < 1.29 is 20.1 Å². The standard InChI is InChI=1S/C9H13N3O6/c10-12-8(16)3(1-11-9(12)17)7-6(15)5(14)4(2-13)18-7/h1,4-7,13-15H,2,10H2,(H,11,17)/t4-,5?,6+,7+/m1/s1. The lowest BCUT2D eigenvalue weighted by molar-refractivity contribution is -0.0233. The van der Waals surface area contributed by atoms with Gasteiger partial charge in [-0.1, -0.05) is 0 Å². The second kappa shape index (κ2) is 4.53. The number of aromatic nitrogens is 2. The molecule has 1 aromatic rings. The van der Waals surface area contributed by atoms with E-state index in [1.807, 2.05) is 0 Å². The number of hydrogen-bond acceptors (Lipinski definition) is 7. The van der Waals surface area contributed by atoms with Crippen LogP contribution in [0.25, 0.3) is 0 Å². The van der Waals surface area contributed by atoms with Crippen molar-refractivity contribution >= 4 is 0 Å². The molecule has 9 heteroatoms. The highest BCUT2D eigenvalue weighted by Crippen LogP contribution is 2.31. The summed E-state index contributed by atoms with van der Waals surface area (Å²) in [5.41, 5.74) is -1.75. The van der Waals surface area contributed by atoms with Crippen molar-refractivity contribution in [2.75, 3.05) is 12.4 Å². The molecule has 1 saturated heterocycles. The lowest BCUT2D eigenvalue weighted by Gasteiger charge is -2.14. The molecule has 100 valence electrons. The molecule has 4 atom stereocenters. The van der Waals surface area contributed by atoms with E-state index in [-0.39, 0.29) is 5.56 Å². The van der Waals surface area contributed by atoms with Crippen LogP contribution in [0, 0.1) is 0 Å². The Bertz CT molecular complexity index is 552. The van der Waals surface area contributed by atoms with Gasteiger partial charge in [0.1, 0.15) is 24.4 Å². The normalized spacial score (nSPS) is 31.7. The van der Waals surface area contributed by atoms with E-state index in [1.165, 1.54) is 0 Å². The van der Waals surface area contributed by atoms with E-state index in [1.54, 1.807) is 0 Å². The van der Waals surface area contributed by atoms with Gasteiger partial charge in [-0.05, 0) is 0 Å². The number of nitrogens with zero attached hydrogens (tertiary/aromatic N) is 1. The minimum absolute atomic E-state index is 0.0976. The number of aliphatic hydroxyl groups excluding tert-OH is 3. The summed E-state index contributed by atoms with van der Waals surface area (Å²) in [4.78, 5) is 25.0. The van der Waals surface area contributed by atoms with Gasteiger partial charge in [0, 0.05) is 6.20 Å². The minimum Gasteiger partial charge on any atom is -0.394 e. The summed E-state index contributed by atoms with van der Waals surface area (Å²) in [5.74, 6) is 5.21. The van der Waals surface area contributed by atoms with Crippen molar-refractivity contribution in [1.82, 2.24) is 9.66 Å². The number of nitrogens with one attached hydrogen (secondary N) is 1. The second-order valence-corrected chi connectivity index (χ2v) is 3.98. The number of nitrogens with two attached hydrogens (primary N) is 1. The van der Waals surface area contributed by atoms with Crippen LogP contribution >= 0.6 is 0 Å². The van der Waals surface area contributed by atoms with E-state index in [2.05, 4.69) is 4.98 Å². The first kappa shape index (κ1) is 12.8. The van der Waals surface area contributed by atoms with Crippen LogP contribution in [0.15, 0.2) is 15.8 Å². The van der Waals surface area contributed by atoms with Crippen molar-refractivity contribution in [2.24, 2.45) is 0 Å². The number of aromatic amines is 1. The molecule has 0 amide bonds. The predicted molar refractivity (Wildman–Crippen MR) is 58.2 cm³/mol. The molecule has 2 heterocycles. The van der Waals surface area contributed by atoms with Gasteiger partial charge < -0.3 is 30.9 Å². The lowest BCUT2D eigenvalue weighted by Crippen LogP contribution is -2.43. The topological polar surface area (TPSA) is 151 Å². The van der Waals surface area contributed by atoms with E-state index >= 15 is 0 Å². The summed E-state index contributed by atoms with van der Waals surface area (Å²) in [6, 6.07) is 0. The highest BCUT2D eigenvalue weighted by Gasteiger charge is 2.44. The average Bonchev–Trinajstić information content (AvgIpc) is 2.64. The van der Waals surface area contributed by atoms with Crippen molar-refractivity contribution in [2.45, 2.75) is 24.4 Å². The largest absolute Gasteiger partial charge is 0.394 e. The first-order valence-corrected chi connectivity index (χ1v) is 5.19. The highest BCUT2D eigenvalue weighted by atomic mass is 16.6. The molecule has 0 bridgehead atoms. The molecule has 1 aliphatic heterocycles. The summed E-state index contributed by atoms with van der Waals surface area (Å²) in [7, 11) is 0. The van der Waals surface area contributed by atoms with Gasteiger partial charge >= 0.3 is 5.69 Å². The number of aliphatic hydroxyl groups is 3. The summed E-state index contributed by atoms with van der Waals surface area (Å²) in [6.07, 6.45) is -3.80. The smallest absolute Gasteiger partial charge is 0.347 e.